The fourth-order valence-corrected chi connectivity index (χ4v) is 3.42. The van der Waals surface area contributed by atoms with Crippen molar-refractivity contribution in [3.8, 4) is 5.75 Å². The molecule has 2 heterocycles. The highest BCUT2D eigenvalue weighted by Gasteiger charge is 2.14. The quantitative estimate of drug-likeness (QED) is 0.490. The molecule has 140 valence electrons. The highest BCUT2D eigenvalue weighted by Crippen LogP contribution is 2.23. The van der Waals surface area contributed by atoms with Crippen LogP contribution < -0.4 is 15.5 Å². The summed E-state index contributed by atoms with van der Waals surface area (Å²) in [5.41, 5.74) is 1.28. The van der Waals surface area contributed by atoms with E-state index < -0.39 is 0 Å². The number of benzene rings is 2. The number of nitrogens with zero attached hydrogens (tertiary/aromatic N) is 2. The Morgan fingerprint density at radius 1 is 1.11 bits per heavy atom. The number of para-hydroxylation sites is 1. The van der Waals surface area contributed by atoms with Crippen LogP contribution >= 0.6 is 15.9 Å². The van der Waals surface area contributed by atoms with Gasteiger partial charge < -0.3 is 14.6 Å². The molecule has 0 aliphatic heterocycles. The van der Waals surface area contributed by atoms with Gasteiger partial charge in [0.15, 0.2) is 5.43 Å². The highest BCUT2D eigenvalue weighted by atomic mass is 79.9. The summed E-state index contributed by atoms with van der Waals surface area (Å²) in [6.07, 6.45) is 1.62. The summed E-state index contributed by atoms with van der Waals surface area (Å²) in [4.78, 5) is 29.8. The van der Waals surface area contributed by atoms with Gasteiger partial charge in [0, 0.05) is 21.4 Å². The second kappa shape index (κ2) is 7.44. The predicted octanol–water partition coefficient (Wildman–Crippen LogP) is 3.96. The van der Waals surface area contributed by atoms with Crippen molar-refractivity contribution in [3.63, 3.8) is 0 Å². The van der Waals surface area contributed by atoms with E-state index >= 15 is 0 Å². The number of halogens is 1. The van der Waals surface area contributed by atoms with Crippen LogP contribution in [0.2, 0.25) is 0 Å². The number of methoxy groups -OCH3 is 1. The fourth-order valence-electron chi connectivity index (χ4n) is 3.18. The molecule has 0 aliphatic rings. The fraction of sp³-hybridized carbons (Fsp3) is 0.0952. The molecular formula is C21H16BrN3O3. The molecule has 0 bridgehead atoms. The summed E-state index contributed by atoms with van der Waals surface area (Å²) in [7, 11) is 1.55. The van der Waals surface area contributed by atoms with E-state index in [1.54, 1.807) is 49.7 Å². The van der Waals surface area contributed by atoms with Crippen molar-refractivity contribution in [2.45, 2.75) is 6.54 Å². The third-order valence-electron chi connectivity index (χ3n) is 4.48. The number of hydrogen-bond donors (Lipinski definition) is 1. The van der Waals surface area contributed by atoms with Crippen LogP contribution in [0.15, 0.2) is 70.1 Å². The van der Waals surface area contributed by atoms with Gasteiger partial charge in [0.1, 0.15) is 18.1 Å². The maximum Gasteiger partial charge on any atom is 0.245 e. The number of carbonyl (C=O) groups is 1. The number of rotatable bonds is 4. The van der Waals surface area contributed by atoms with Crippen LogP contribution in [0.25, 0.3) is 21.8 Å². The maximum atomic E-state index is 12.9. The Kier molecular flexibility index (Phi) is 4.83. The van der Waals surface area contributed by atoms with Gasteiger partial charge in [-0.3, -0.25) is 9.59 Å². The van der Waals surface area contributed by atoms with Gasteiger partial charge in [0.25, 0.3) is 0 Å². The molecule has 6 nitrogen and oxygen atoms in total. The first-order valence-electron chi connectivity index (χ1n) is 8.57. The lowest BCUT2D eigenvalue weighted by Gasteiger charge is -2.15. The van der Waals surface area contributed by atoms with Gasteiger partial charge in [-0.05, 0) is 58.4 Å². The van der Waals surface area contributed by atoms with Crippen molar-refractivity contribution in [1.82, 2.24) is 9.55 Å². The summed E-state index contributed by atoms with van der Waals surface area (Å²) in [5, 5.41) is 3.85. The Morgan fingerprint density at radius 2 is 1.89 bits per heavy atom. The van der Waals surface area contributed by atoms with E-state index in [-0.39, 0.29) is 17.9 Å². The van der Waals surface area contributed by atoms with Crippen LogP contribution in [0.4, 0.5) is 5.82 Å². The smallest absolute Gasteiger partial charge is 0.245 e. The summed E-state index contributed by atoms with van der Waals surface area (Å²) < 4.78 is 7.92. The number of aromatic nitrogens is 2. The summed E-state index contributed by atoms with van der Waals surface area (Å²) in [6, 6.07) is 16.1. The van der Waals surface area contributed by atoms with Gasteiger partial charge in [-0.25, -0.2) is 4.98 Å². The molecule has 2 aromatic carbocycles. The van der Waals surface area contributed by atoms with Crippen LogP contribution in [0, 0.1) is 0 Å². The van der Waals surface area contributed by atoms with E-state index in [0.29, 0.717) is 33.4 Å². The van der Waals surface area contributed by atoms with Gasteiger partial charge in [-0.15, -0.1) is 0 Å². The minimum absolute atomic E-state index is 0.0430. The molecular weight excluding hydrogens is 422 g/mol. The van der Waals surface area contributed by atoms with Crippen LogP contribution in [0.1, 0.15) is 0 Å². The first-order valence-corrected chi connectivity index (χ1v) is 9.37. The summed E-state index contributed by atoms with van der Waals surface area (Å²) in [5.74, 6) is 0.820. The number of fused-ring (bicyclic) bond motifs is 2. The number of hydrogen-bond acceptors (Lipinski definition) is 4. The topological polar surface area (TPSA) is 73.2 Å². The Hall–Kier alpha value is -3.19. The zero-order valence-corrected chi connectivity index (χ0v) is 16.6. The molecule has 4 rings (SSSR count). The normalized spacial score (nSPS) is 10.9. The number of anilines is 1. The molecule has 2 aromatic heterocycles. The number of carbonyl (C=O) groups excluding carboxylic acids is 1. The van der Waals surface area contributed by atoms with Crippen molar-refractivity contribution in [2.24, 2.45) is 0 Å². The molecule has 1 N–H and O–H groups in total. The molecule has 0 unspecified atom stereocenters. The van der Waals surface area contributed by atoms with Crippen molar-refractivity contribution in [3.05, 3.63) is 75.5 Å². The largest absolute Gasteiger partial charge is 0.497 e. The summed E-state index contributed by atoms with van der Waals surface area (Å²) in [6.45, 7) is 0.0430. The maximum absolute atomic E-state index is 12.9. The number of amides is 1. The Bertz CT molecular complexity index is 1250. The third kappa shape index (κ3) is 3.36. The minimum Gasteiger partial charge on any atom is -0.497 e. The molecule has 0 atom stereocenters. The van der Waals surface area contributed by atoms with Crippen LogP contribution in [-0.2, 0) is 11.3 Å². The zero-order valence-electron chi connectivity index (χ0n) is 15.0. The monoisotopic (exact) mass is 437 g/mol. The molecule has 0 spiro atoms. The number of pyridine rings is 2. The van der Waals surface area contributed by atoms with Gasteiger partial charge in [-0.2, -0.15) is 0 Å². The van der Waals surface area contributed by atoms with Gasteiger partial charge >= 0.3 is 0 Å². The molecule has 0 fully saturated rings. The first-order chi connectivity index (χ1) is 13.6. The molecule has 4 aromatic rings. The van der Waals surface area contributed by atoms with E-state index in [4.69, 9.17) is 4.74 Å². The van der Waals surface area contributed by atoms with E-state index in [9.17, 15) is 9.59 Å². The minimum atomic E-state index is -0.235. The lowest BCUT2D eigenvalue weighted by molar-refractivity contribution is -0.116. The molecule has 7 heteroatoms. The number of nitrogens with one attached hydrogen (secondary N) is 1. The van der Waals surface area contributed by atoms with Crippen molar-refractivity contribution in [1.29, 1.82) is 0 Å². The Morgan fingerprint density at radius 3 is 2.64 bits per heavy atom. The molecule has 0 radical (unpaired) electrons. The van der Waals surface area contributed by atoms with Gasteiger partial charge in [0.2, 0.25) is 5.91 Å². The standard InChI is InChI=1S/C21H16BrN3O3/c1-28-14-7-8-18-16(10-14)21(27)15-4-2-3-5-17(15)25(18)12-20(26)24-19-9-6-13(22)11-23-19/h2-11H,12H2,1H3,(H,23,24,26). The SMILES string of the molecule is COc1ccc2c(c1)c(=O)c1ccccc1n2CC(=O)Nc1ccc(Br)cn1. The van der Waals surface area contributed by atoms with Crippen LogP contribution in [0.3, 0.4) is 0 Å². The lowest BCUT2D eigenvalue weighted by atomic mass is 10.1. The van der Waals surface area contributed by atoms with Crippen molar-refractivity contribution in [2.75, 3.05) is 12.4 Å². The van der Waals surface area contributed by atoms with Gasteiger partial charge in [0.05, 0.1) is 18.1 Å². The van der Waals surface area contributed by atoms with Crippen molar-refractivity contribution < 1.29 is 9.53 Å². The average molecular weight is 438 g/mol. The second-order valence-corrected chi connectivity index (χ2v) is 7.14. The first kappa shape index (κ1) is 18.2. The lowest BCUT2D eigenvalue weighted by Crippen LogP contribution is -2.22. The Balaban J connectivity index is 1.82. The molecule has 28 heavy (non-hydrogen) atoms. The average Bonchev–Trinajstić information content (AvgIpc) is 2.72. The molecule has 1 amide bonds. The Labute approximate surface area is 168 Å². The van der Waals surface area contributed by atoms with E-state index in [2.05, 4.69) is 26.2 Å². The molecule has 0 aliphatic carbocycles. The third-order valence-corrected chi connectivity index (χ3v) is 4.94. The van der Waals surface area contributed by atoms with Crippen LogP contribution in [-0.4, -0.2) is 22.6 Å². The van der Waals surface area contributed by atoms with E-state index in [1.165, 1.54) is 0 Å². The molecule has 0 saturated carbocycles. The van der Waals surface area contributed by atoms with Crippen LogP contribution in [0.5, 0.6) is 5.75 Å². The highest BCUT2D eigenvalue weighted by molar-refractivity contribution is 9.10. The molecule has 0 saturated heterocycles. The van der Waals surface area contributed by atoms with Gasteiger partial charge in [-0.1, -0.05) is 12.1 Å². The van der Waals surface area contributed by atoms with E-state index in [0.717, 1.165) is 4.47 Å². The van der Waals surface area contributed by atoms with Crippen molar-refractivity contribution >= 4 is 49.5 Å². The predicted molar refractivity (Wildman–Crippen MR) is 113 cm³/mol. The summed E-state index contributed by atoms with van der Waals surface area (Å²) >= 11 is 3.32. The second-order valence-electron chi connectivity index (χ2n) is 6.23. The zero-order chi connectivity index (χ0) is 19.7. The van der Waals surface area contributed by atoms with E-state index in [1.807, 2.05) is 22.8 Å². The number of ether oxygens (including phenoxy) is 1.